The second kappa shape index (κ2) is 6.02. The Kier molecular flexibility index (Phi) is 3.92. The van der Waals surface area contributed by atoms with E-state index < -0.39 is 0 Å². The number of nitrogens with one attached hydrogen (secondary N) is 2. The standard InChI is InChI=1S/C18H19N3O/c19-17(20)15-3-1-2-12(11-15)4-5-13-6-7-16-14(10-13)8-9-21-18(16)22/h1-3,6-7,10-11H,4-5,8-9H2,(H3,19,20)(H,21,22). The molecule has 4 nitrogen and oxygen atoms in total. The number of aryl methyl sites for hydroxylation is 2. The molecular weight excluding hydrogens is 274 g/mol. The van der Waals surface area contributed by atoms with E-state index in [1.165, 1.54) is 11.1 Å². The number of benzene rings is 2. The number of amides is 1. The van der Waals surface area contributed by atoms with Crippen molar-refractivity contribution in [1.29, 1.82) is 5.41 Å². The highest BCUT2D eigenvalue weighted by Crippen LogP contribution is 2.17. The number of fused-ring (bicyclic) bond motifs is 1. The van der Waals surface area contributed by atoms with Gasteiger partial charge in [0, 0.05) is 17.7 Å². The maximum absolute atomic E-state index is 11.7. The van der Waals surface area contributed by atoms with E-state index in [1.807, 2.05) is 30.3 Å². The summed E-state index contributed by atoms with van der Waals surface area (Å²) in [6.07, 6.45) is 2.71. The third-order valence-electron chi connectivity index (χ3n) is 4.03. The zero-order valence-corrected chi connectivity index (χ0v) is 12.4. The van der Waals surface area contributed by atoms with Gasteiger partial charge in [-0.25, -0.2) is 0 Å². The Morgan fingerprint density at radius 2 is 1.91 bits per heavy atom. The lowest BCUT2D eigenvalue weighted by Gasteiger charge is -2.17. The Labute approximate surface area is 129 Å². The lowest BCUT2D eigenvalue weighted by molar-refractivity contribution is 0.0946. The van der Waals surface area contributed by atoms with Crippen molar-refractivity contribution in [2.45, 2.75) is 19.3 Å². The van der Waals surface area contributed by atoms with Gasteiger partial charge in [0.25, 0.3) is 5.91 Å². The van der Waals surface area contributed by atoms with Crippen LogP contribution in [-0.2, 0) is 19.3 Å². The summed E-state index contributed by atoms with van der Waals surface area (Å²) < 4.78 is 0. The van der Waals surface area contributed by atoms with E-state index >= 15 is 0 Å². The first kappa shape index (κ1) is 14.3. The van der Waals surface area contributed by atoms with Gasteiger partial charge in [-0.3, -0.25) is 10.2 Å². The zero-order chi connectivity index (χ0) is 15.5. The van der Waals surface area contributed by atoms with Gasteiger partial charge in [-0.1, -0.05) is 30.3 Å². The summed E-state index contributed by atoms with van der Waals surface area (Å²) in [6, 6.07) is 13.9. The molecule has 1 heterocycles. The molecule has 3 rings (SSSR count). The van der Waals surface area contributed by atoms with Gasteiger partial charge in [0.05, 0.1) is 0 Å². The molecule has 1 aliphatic heterocycles. The van der Waals surface area contributed by atoms with Crippen molar-refractivity contribution in [3.8, 4) is 0 Å². The van der Waals surface area contributed by atoms with Crippen molar-refractivity contribution in [2.24, 2.45) is 5.73 Å². The number of carbonyl (C=O) groups excluding carboxylic acids is 1. The summed E-state index contributed by atoms with van der Waals surface area (Å²) >= 11 is 0. The Morgan fingerprint density at radius 3 is 2.68 bits per heavy atom. The molecule has 0 aromatic heterocycles. The Morgan fingerprint density at radius 1 is 1.14 bits per heavy atom. The van der Waals surface area contributed by atoms with Gasteiger partial charge in [0.2, 0.25) is 0 Å². The largest absolute Gasteiger partial charge is 0.384 e. The molecule has 0 radical (unpaired) electrons. The molecular formula is C18H19N3O. The van der Waals surface area contributed by atoms with Crippen LogP contribution in [0.5, 0.6) is 0 Å². The highest BCUT2D eigenvalue weighted by atomic mass is 16.1. The lowest BCUT2D eigenvalue weighted by atomic mass is 9.95. The molecule has 112 valence electrons. The van der Waals surface area contributed by atoms with Crippen molar-refractivity contribution in [3.05, 3.63) is 70.3 Å². The molecule has 0 saturated heterocycles. The van der Waals surface area contributed by atoms with Crippen LogP contribution in [0.3, 0.4) is 0 Å². The summed E-state index contributed by atoms with van der Waals surface area (Å²) in [6.45, 7) is 0.718. The summed E-state index contributed by atoms with van der Waals surface area (Å²) in [4.78, 5) is 11.7. The number of nitrogen functional groups attached to an aromatic ring is 1. The second-order valence-electron chi connectivity index (χ2n) is 5.61. The summed E-state index contributed by atoms with van der Waals surface area (Å²) in [5, 5.41) is 10.4. The second-order valence-corrected chi connectivity index (χ2v) is 5.61. The van der Waals surface area contributed by atoms with Crippen LogP contribution in [0.25, 0.3) is 0 Å². The van der Waals surface area contributed by atoms with Crippen LogP contribution in [0.2, 0.25) is 0 Å². The Hall–Kier alpha value is -2.62. The van der Waals surface area contributed by atoms with E-state index in [2.05, 4.69) is 17.4 Å². The molecule has 0 bridgehead atoms. The third-order valence-corrected chi connectivity index (χ3v) is 4.03. The van der Waals surface area contributed by atoms with E-state index in [4.69, 9.17) is 11.1 Å². The van der Waals surface area contributed by atoms with Crippen LogP contribution in [0.1, 0.15) is 32.6 Å². The van der Waals surface area contributed by atoms with Crippen molar-refractivity contribution < 1.29 is 4.79 Å². The van der Waals surface area contributed by atoms with Crippen molar-refractivity contribution in [2.75, 3.05) is 6.54 Å². The highest BCUT2D eigenvalue weighted by Gasteiger charge is 2.16. The first-order valence-electron chi connectivity index (χ1n) is 7.47. The molecule has 22 heavy (non-hydrogen) atoms. The molecule has 0 fully saturated rings. The maximum atomic E-state index is 11.7. The van der Waals surface area contributed by atoms with Gasteiger partial charge >= 0.3 is 0 Å². The van der Waals surface area contributed by atoms with Crippen LogP contribution >= 0.6 is 0 Å². The molecule has 4 heteroatoms. The van der Waals surface area contributed by atoms with Gasteiger partial charge in [0.15, 0.2) is 0 Å². The number of carbonyl (C=O) groups is 1. The van der Waals surface area contributed by atoms with E-state index in [0.29, 0.717) is 0 Å². The molecule has 2 aromatic carbocycles. The van der Waals surface area contributed by atoms with Gasteiger partial charge < -0.3 is 11.1 Å². The van der Waals surface area contributed by atoms with Crippen LogP contribution in [0, 0.1) is 5.41 Å². The maximum Gasteiger partial charge on any atom is 0.251 e. The van der Waals surface area contributed by atoms with Crippen molar-refractivity contribution in [1.82, 2.24) is 5.32 Å². The Bertz CT molecular complexity index is 737. The molecule has 0 unspecified atom stereocenters. The fourth-order valence-corrected chi connectivity index (χ4v) is 2.82. The lowest BCUT2D eigenvalue weighted by Crippen LogP contribution is -2.31. The summed E-state index contributed by atoms with van der Waals surface area (Å²) in [5.74, 6) is 0.128. The predicted molar refractivity (Wildman–Crippen MR) is 87.3 cm³/mol. The quantitative estimate of drug-likeness (QED) is 0.596. The molecule has 4 N–H and O–H groups in total. The molecule has 0 aliphatic carbocycles. The summed E-state index contributed by atoms with van der Waals surface area (Å²) in [7, 11) is 0. The Balaban J connectivity index is 1.73. The fourth-order valence-electron chi connectivity index (χ4n) is 2.82. The number of hydrogen-bond acceptors (Lipinski definition) is 2. The van der Waals surface area contributed by atoms with E-state index in [0.717, 1.165) is 42.5 Å². The normalized spacial score (nSPS) is 13.4. The van der Waals surface area contributed by atoms with Crippen LogP contribution < -0.4 is 11.1 Å². The fraction of sp³-hybridized carbons (Fsp3) is 0.222. The number of nitrogens with two attached hydrogens (primary N) is 1. The minimum absolute atomic E-state index is 0.0296. The SMILES string of the molecule is N=C(N)c1cccc(CCc2ccc3c(c2)CCNC3=O)c1. The monoisotopic (exact) mass is 293 g/mol. The van der Waals surface area contributed by atoms with Crippen molar-refractivity contribution >= 4 is 11.7 Å². The molecule has 1 amide bonds. The van der Waals surface area contributed by atoms with Gasteiger partial charge in [-0.2, -0.15) is 0 Å². The molecule has 0 spiro atoms. The summed E-state index contributed by atoms with van der Waals surface area (Å²) in [5.41, 5.74) is 10.6. The predicted octanol–water partition coefficient (Wildman–Crippen LogP) is 2.04. The van der Waals surface area contributed by atoms with Gasteiger partial charge in [0.1, 0.15) is 5.84 Å². The molecule has 2 aromatic rings. The number of rotatable bonds is 4. The minimum Gasteiger partial charge on any atom is -0.384 e. The van der Waals surface area contributed by atoms with Crippen LogP contribution in [0.4, 0.5) is 0 Å². The zero-order valence-electron chi connectivity index (χ0n) is 12.4. The average molecular weight is 293 g/mol. The topological polar surface area (TPSA) is 79.0 Å². The van der Waals surface area contributed by atoms with Crippen molar-refractivity contribution in [3.63, 3.8) is 0 Å². The number of amidine groups is 1. The minimum atomic E-state index is 0.0296. The van der Waals surface area contributed by atoms with Gasteiger partial charge in [-0.15, -0.1) is 0 Å². The highest BCUT2D eigenvalue weighted by molar-refractivity contribution is 5.96. The van der Waals surface area contributed by atoms with E-state index in [9.17, 15) is 4.79 Å². The molecule has 0 saturated carbocycles. The van der Waals surface area contributed by atoms with E-state index in [1.54, 1.807) is 0 Å². The van der Waals surface area contributed by atoms with Gasteiger partial charge in [-0.05, 0) is 48.1 Å². The number of hydrogen-bond donors (Lipinski definition) is 3. The van der Waals surface area contributed by atoms with E-state index in [-0.39, 0.29) is 11.7 Å². The molecule has 1 aliphatic rings. The average Bonchev–Trinajstić information content (AvgIpc) is 2.53. The first-order valence-corrected chi connectivity index (χ1v) is 7.47. The molecule has 0 atom stereocenters. The third kappa shape index (κ3) is 3.01. The van der Waals surface area contributed by atoms with Crippen LogP contribution in [-0.4, -0.2) is 18.3 Å². The van der Waals surface area contributed by atoms with Crippen LogP contribution in [0.15, 0.2) is 42.5 Å². The first-order chi connectivity index (χ1) is 10.6. The smallest absolute Gasteiger partial charge is 0.251 e.